The molecule has 0 saturated heterocycles. The Kier molecular flexibility index (Phi) is 6.51. The van der Waals surface area contributed by atoms with Gasteiger partial charge >= 0.3 is 0 Å². The molecule has 1 atom stereocenters. The second-order valence-electron chi connectivity index (χ2n) is 6.10. The maximum atomic E-state index is 9.00. The maximum absolute atomic E-state index is 9.00. The first-order chi connectivity index (χ1) is 9.88. The molecule has 0 aromatic heterocycles. The second-order valence-corrected chi connectivity index (χ2v) is 6.10. The lowest BCUT2D eigenvalue weighted by Gasteiger charge is -2.17. The number of benzene rings is 1. The van der Waals surface area contributed by atoms with Crippen LogP contribution < -0.4 is 15.2 Å². The number of nitriles is 1. The predicted molar refractivity (Wildman–Crippen MR) is 84.5 cm³/mol. The van der Waals surface area contributed by atoms with E-state index in [1.165, 1.54) is 0 Å². The van der Waals surface area contributed by atoms with Crippen molar-refractivity contribution < 1.29 is 9.47 Å². The minimum atomic E-state index is -0.299. The summed E-state index contributed by atoms with van der Waals surface area (Å²) in [7, 11) is 1.64. The molecule has 2 N–H and O–H groups in total. The predicted octanol–water partition coefficient (Wildman–Crippen LogP) is 3.29. The van der Waals surface area contributed by atoms with Crippen LogP contribution >= 0.6 is 0 Å². The zero-order valence-corrected chi connectivity index (χ0v) is 13.5. The summed E-state index contributed by atoms with van der Waals surface area (Å²) >= 11 is 0. The van der Waals surface area contributed by atoms with Crippen LogP contribution in [0.3, 0.4) is 0 Å². The van der Waals surface area contributed by atoms with Gasteiger partial charge in [0.05, 0.1) is 25.2 Å². The fraction of sp³-hybridized carbons (Fsp3) is 0.588. The SMILES string of the molecule is COc1ccc(CC(C)N)c(OCCCC(C)(C)C#N)c1. The van der Waals surface area contributed by atoms with E-state index in [2.05, 4.69) is 6.07 Å². The Morgan fingerprint density at radius 2 is 2.10 bits per heavy atom. The number of rotatable bonds is 8. The second kappa shape index (κ2) is 7.90. The molecule has 0 aliphatic carbocycles. The fourth-order valence-electron chi connectivity index (χ4n) is 2.06. The van der Waals surface area contributed by atoms with Crippen LogP contribution in [0.4, 0.5) is 0 Å². The van der Waals surface area contributed by atoms with E-state index in [-0.39, 0.29) is 11.5 Å². The molecule has 4 nitrogen and oxygen atoms in total. The van der Waals surface area contributed by atoms with E-state index in [1.807, 2.05) is 39.0 Å². The molecule has 0 fully saturated rings. The van der Waals surface area contributed by atoms with Crippen molar-refractivity contribution in [3.63, 3.8) is 0 Å². The van der Waals surface area contributed by atoms with Crippen LogP contribution in [0.25, 0.3) is 0 Å². The van der Waals surface area contributed by atoms with Crippen molar-refractivity contribution in [1.82, 2.24) is 0 Å². The van der Waals surface area contributed by atoms with Crippen molar-refractivity contribution in [1.29, 1.82) is 5.26 Å². The summed E-state index contributed by atoms with van der Waals surface area (Å²) in [6, 6.07) is 8.20. The van der Waals surface area contributed by atoms with Crippen LogP contribution in [0, 0.1) is 16.7 Å². The molecule has 4 heteroatoms. The highest BCUT2D eigenvalue weighted by molar-refractivity contribution is 5.41. The summed E-state index contributed by atoms with van der Waals surface area (Å²) in [6.07, 6.45) is 2.43. The van der Waals surface area contributed by atoms with E-state index in [4.69, 9.17) is 20.5 Å². The summed E-state index contributed by atoms with van der Waals surface area (Å²) in [5, 5.41) is 9.00. The van der Waals surface area contributed by atoms with Crippen LogP contribution in [0.2, 0.25) is 0 Å². The van der Waals surface area contributed by atoms with Gasteiger partial charge in [0.1, 0.15) is 11.5 Å². The fourth-order valence-corrected chi connectivity index (χ4v) is 2.06. The van der Waals surface area contributed by atoms with Gasteiger partial charge in [0.15, 0.2) is 0 Å². The van der Waals surface area contributed by atoms with Crippen molar-refractivity contribution in [3.8, 4) is 17.6 Å². The first-order valence-electron chi connectivity index (χ1n) is 7.34. The van der Waals surface area contributed by atoms with Crippen LogP contribution in [-0.2, 0) is 6.42 Å². The maximum Gasteiger partial charge on any atom is 0.126 e. The molecule has 0 saturated carbocycles. The zero-order chi connectivity index (χ0) is 15.9. The first kappa shape index (κ1) is 17.3. The summed E-state index contributed by atoms with van der Waals surface area (Å²) < 4.78 is 11.1. The van der Waals surface area contributed by atoms with Gasteiger partial charge in [-0.25, -0.2) is 0 Å². The molecule has 1 unspecified atom stereocenters. The number of hydrogen-bond donors (Lipinski definition) is 1. The van der Waals surface area contributed by atoms with Crippen molar-refractivity contribution in [2.24, 2.45) is 11.1 Å². The van der Waals surface area contributed by atoms with Gasteiger partial charge in [-0.2, -0.15) is 5.26 Å². The molecule has 0 heterocycles. The first-order valence-corrected chi connectivity index (χ1v) is 7.34. The summed E-state index contributed by atoms with van der Waals surface area (Å²) in [5.41, 5.74) is 6.66. The molecule has 0 aliphatic heterocycles. The highest BCUT2D eigenvalue weighted by Crippen LogP contribution is 2.27. The molecule has 21 heavy (non-hydrogen) atoms. The van der Waals surface area contributed by atoms with E-state index >= 15 is 0 Å². The van der Waals surface area contributed by atoms with E-state index in [9.17, 15) is 0 Å². The van der Waals surface area contributed by atoms with Gasteiger partial charge < -0.3 is 15.2 Å². The molecular formula is C17H26N2O2. The van der Waals surface area contributed by atoms with E-state index in [0.29, 0.717) is 6.61 Å². The third-order valence-corrected chi connectivity index (χ3v) is 3.32. The van der Waals surface area contributed by atoms with E-state index < -0.39 is 0 Å². The Balaban J connectivity index is 2.65. The molecule has 1 aromatic rings. The molecule has 116 valence electrons. The van der Waals surface area contributed by atoms with Crippen LogP contribution in [-0.4, -0.2) is 19.8 Å². The normalized spacial score (nSPS) is 12.6. The van der Waals surface area contributed by atoms with Crippen molar-refractivity contribution in [2.45, 2.75) is 46.1 Å². The van der Waals surface area contributed by atoms with Gasteiger partial charge in [-0.15, -0.1) is 0 Å². The lowest BCUT2D eigenvalue weighted by Crippen LogP contribution is -2.18. The molecule has 0 radical (unpaired) electrons. The van der Waals surface area contributed by atoms with Crippen LogP contribution in [0.15, 0.2) is 18.2 Å². The number of methoxy groups -OCH3 is 1. The Hall–Kier alpha value is -1.73. The van der Waals surface area contributed by atoms with E-state index in [1.54, 1.807) is 7.11 Å². The molecule has 0 aliphatic rings. The standard InChI is InChI=1S/C17H26N2O2/c1-13(19)10-14-6-7-15(20-4)11-16(14)21-9-5-8-17(2,3)12-18/h6-7,11,13H,5,8-10,19H2,1-4H3. The minimum absolute atomic E-state index is 0.0817. The van der Waals surface area contributed by atoms with Gasteiger partial charge in [0.25, 0.3) is 0 Å². The van der Waals surface area contributed by atoms with Gasteiger partial charge in [-0.05, 0) is 51.7 Å². The summed E-state index contributed by atoms with van der Waals surface area (Å²) in [6.45, 7) is 6.45. The Morgan fingerprint density at radius 3 is 2.67 bits per heavy atom. The topological polar surface area (TPSA) is 68.3 Å². The van der Waals surface area contributed by atoms with Crippen molar-refractivity contribution in [2.75, 3.05) is 13.7 Å². The third kappa shape index (κ3) is 6.05. The Bertz CT molecular complexity index is 490. The van der Waals surface area contributed by atoms with Gasteiger partial charge in [0.2, 0.25) is 0 Å². The smallest absolute Gasteiger partial charge is 0.126 e. The summed E-state index contributed by atoms with van der Waals surface area (Å²) in [4.78, 5) is 0. The lowest BCUT2D eigenvalue weighted by atomic mass is 9.90. The third-order valence-electron chi connectivity index (χ3n) is 3.32. The van der Waals surface area contributed by atoms with Crippen molar-refractivity contribution >= 4 is 0 Å². The molecule has 1 rings (SSSR count). The zero-order valence-electron chi connectivity index (χ0n) is 13.5. The monoisotopic (exact) mass is 290 g/mol. The number of nitrogens with two attached hydrogens (primary N) is 1. The Morgan fingerprint density at radius 1 is 1.38 bits per heavy atom. The van der Waals surface area contributed by atoms with Gasteiger partial charge in [-0.3, -0.25) is 0 Å². The quantitative estimate of drug-likeness (QED) is 0.746. The van der Waals surface area contributed by atoms with Gasteiger partial charge in [-0.1, -0.05) is 6.07 Å². The number of hydrogen-bond acceptors (Lipinski definition) is 4. The van der Waals surface area contributed by atoms with Crippen LogP contribution in [0.5, 0.6) is 11.5 Å². The number of nitrogens with zero attached hydrogens (tertiary/aromatic N) is 1. The van der Waals surface area contributed by atoms with Gasteiger partial charge in [0, 0.05) is 12.1 Å². The van der Waals surface area contributed by atoms with E-state index in [0.717, 1.165) is 36.3 Å². The molecule has 1 aromatic carbocycles. The lowest BCUT2D eigenvalue weighted by molar-refractivity contribution is 0.280. The minimum Gasteiger partial charge on any atom is -0.497 e. The molecule has 0 bridgehead atoms. The average Bonchev–Trinajstić information content (AvgIpc) is 2.44. The Labute approximate surface area is 127 Å². The molecule has 0 amide bonds. The number of ether oxygens (including phenoxy) is 2. The van der Waals surface area contributed by atoms with Crippen LogP contribution in [0.1, 0.15) is 39.2 Å². The summed E-state index contributed by atoms with van der Waals surface area (Å²) in [5.74, 6) is 1.59. The highest BCUT2D eigenvalue weighted by atomic mass is 16.5. The highest BCUT2D eigenvalue weighted by Gasteiger charge is 2.16. The molecular weight excluding hydrogens is 264 g/mol. The average molecular weight is 290 g/mol. The van der Waals surface area contributed by atoms with Crippen molar-refractivity contribution in [3.05, 3.63) is 23.8 Å². The molecule has 0 spiro atoms. The largest absolute Gasteiger partial charge is 0.497 e.